The minimum Gasteiger partial charge on any atom is -0.390 e. The van der Waals surface area contributed by atoms with Crippen LogP contribution >= 0.6 is 0 Å². The molecule has 0 saturated heterocycles. The zero-order valence-electron chi connectivity index (χ0n) is 11.2. The van der Waals surface area contributed by atoms with E-state index in [1.54, 1.807) is 0 Å². The topological polar surface area (TPSA) is 20.2 Å². The van der Waals surface area contributed by atoms with Gasteiger partial charge in [-0.15, -0.1) is 0 Å². The van der Waals surface area contributed by atoms with Crippen LogP contribution in [0.5, 0.6) is 0 Å². The van der Waals surface area contributed by atoms with Crippen LogP contribution in [0.15, 0.2) is 0 Å². The molecule has 1 heteroatoms. The second kappa shape index (κ2) is 3.04. The molecule has 1 N–H and O–H groups in total. The third-order valence-corrected chi connectivity index (χ3v) is 6.35. The van der Waals surface area contributed by atoms with Gasteiger partial charge in [-0.3, -0.25) is 0 Å². The van der Waals surface area contributed by atoms with E-state index >= 15 is 0 Å². The molecule has 0 aromatic rings. The number of aliphatic hydroxyl groups is 1. The number of hydrogen-bond donors (Lipinski definition) is 1. The van der Waals surface area contributed by atoms with Crippen LogP contribution in [-0.4, -0.2) is 10.7 Å². The highest BCUT2D eigenvalue weighted by Gasteiger charge is 2.77. The molecule has 0 bridgehead atoms. The second-order valence-corrected chi connectivity index (χ2v) is 7.36. The van der Waals surface area contributed by atoms with Gasteiger partial charge in [-0.2, -0.15) is 0 Å². The zero-order chi connectivity index (χ0) is 11.7. The van der Waals surface area contributed by atoms with Gasteiger partial charge in [0.2, 0.25) is 0 Å². The molecule has 1 nitrogen and oxygen atoms in total. The maximum Gasteiger partial charge on any atom is 0.0656 e. The first kappa shape index (κ1) is 11.1. The fraction of sp³-hybridized carbons (Fsp3) is 1.00. The van der Waals surface area contributed by atoms with Gasteiger partial charge in [-0.05, 0) is 67.6 Å². The third kappa shape index (κ3) is 1.11. The molecular formula is C15H26O. The molecule has 0 heterocycles. The predicted octanol–water partition coefficient (Wildman–Crippen LogP) is 3.47. The summed E-state index contributed by atoms with van der Waals surface area (Å²) < 4.78 is 0. The Morgan fingerprint density at radius 1 is 1.19 bits per heavy atom. The molecule has 92 valence electrons. The fourth-order valence-electron chi connectivity index (χ4n) is 5.57. The SMILES string of the molecule is CC(C)[C@@H]1CC[C@@H](C)[C@@]23CC[C@@](C)(O)[C@@H]2[C@@H]13. The van der Waals surface area contributed by atoms with Crippen molar-refractivity contribution < 1.29 is 5.11 Å². The Kier molecular flexibility index (Phi) is 2.11. The van der Waals surface area contributed by atoms with Crippen LogP contribution in [0.25, 0.3) is 0 Å². The number of fused-ring (bicyclic) bond motifs is 1. The van der Waals surface area contributed by atoms with Gasteiger partial charge in [0.05, 0.1) is 5.60 Å². The number of rotatable bonds is 1. The van der Waals surface area contributed by atoms with Crippen molar-refractivity contribution in [3.05, 3.63) is 0 Å². The van der Waals surface area contributed by atoms with E-state index in [0.717, 1.165) is 30.1 Å². The summed E-state index contributed by atoms with van der Waals surface area (Å²) in [5.41, 5.74) is 0.201. The summed E-state index contributed by atoms with van der Waals surface area (Å²) in [5.74, 6) is 4.01. The van der Waals surface area contributed by atoms with Crippen LogP contribution in [-0.2, 0) is 0 Å². The lowest BCUT2D eigenvalue weighted by molar-refractivity contribution is 0.0291. The largest absolute Gasteiger partial charge is 0.390 e. The van der Waals surface area contributed by atoms with E-state index in [4.69, 9.17) is 0 Å². The number of hydrogen-bond acceptors (Lipinski definition) is 1. The van der Waals surface area contributed by atoms with Crippen molar-refractivity contribution in [3.63, 3.8) is 0 Å². The van der Waals surface area contributed by atoms with Crippen molar-refractivity contribution in [1.29, 1.82) is 0 Å². The van der Waals surface area contributed by atoms with Crippen molar-refractivity contribution in [2.24, 2.45) is 35.0 Å². The van der Waals surface area contributed by atoms with Gasteiger partial charge in [0, 0.05) is 0 Å². The summed E-state index contributed by atoms with van der Waals surface area (Å²) in [6, 6.07) is 0. The molecule has 0 aromatic heterocycles. The van der Waals surface area contributed by atoms with Gasteiger partial charge in [0.25, 0.3) is 0 Å². The quantitative estimate of drug-likeness (QED) is 0.720. The van der Waals surface area contributed by atoms with E-state index in [9.17, 15) is 5.11 Å². The van der Waals surface area contributed by atoms with Crippen LogP contribution in [0.3, 0.4) is 0 Å². The molecule has 3 aliphatic carbocycles. The summed E-state index contributed by atoms with van der Waals surface area (Å²) in [6.45, 7) is 9.27. The van der Waals surface area contributed by atoms with Gasteiger partial charge in [0.15, 0.2) is 0 Å². The van der Waals surface area contributed by atoms with Crippen molar-refractivity contribution in [2.75, 3.05) is 0 Å². The van der Waals surface area contributed by atoms with Crippen LogP contribution < -0.4 is 0 Å². The Morgan fingerprint density at radius 2 is 1.88 bits per heavy atom. The lowest BCUT2D eigenvalue weighted by Crippen LogP contribution is -2.30. The molecule has 0 aromatic carbocycles. The molecular weight excluding hydrogens is 196 g/mol. The molecule has 3 aliphatic rings. The molecule has 3 saturated carbocycles. The Labute approximate surface area is 99.6 Å². The van der Waals surface area contributed by atoms with Crippen molar-refractivity contribution in [2.45, 2.75) is 59.0 Å². The van der Waals surface area contributed by atoms with Gasteiger partial charge in [-0.1, -0.05) is 20.8 Å². The van der Waals surface area contributed by atoms with Crippen molar-refractivity contribution in [1.82, 2.24) is 0 Å². The summed E-state index contributed by atoms with van der Waals surface area (Å²) in [4.78, 5) is 0. The standard InChI is InChI=1S/C15H26O/c1-9(2)11-6-5-10(3)15-8-7-14(4,16)13(15)12(11)15/h9-13,16H,5-8H2,1-4H3/t10-,11+,12-,13+,14-,15-/m1/s1. The smallest absolute Gasteiger partial charge is 0.0656 e. The van der Waals surface area contributed by atoms with Gasteiger partial charge < -0.3 is 5.11 Å². The van der Waals surface area contributed by atoms with Crippen LogP contribution in [0.2, 0.25) is 0 Å². The van der Waals surface area contributed by atoms with Crippen LogP contribution in [0, 0.1) is 35.0 Å². The van der Waals surface area contributed by atoms with Gasteiger partial charge >= 0.3 is 0 Å². The molecule has 0 amide bonds. The summed E-state index contributed by atoms with van der Waals surface area (Å²) >= 11 is 0. The lowest BCUT2D eigenvalue weighted by atomic mass is 9.69. The Balaban J connectivity index is 1.92. The minimum absolute atomic E-state index is 0.351. The maximum absolute atomic E-state index is 10.5. The highest BCUT2D eigenvalue weighted by atomic mass is 16.3. The molecule has 6 atom stereocenters. The highest BCUT2D eigenvalue weighted by molar-refractivity contribution is 5.26. The van der Waals surface area contributed by atoms with Crippen molar-refractivity contribution >= 4 is 0 Å². The maximum atomic E-state index is 10.5. The molecule has 0 unspecified atom stereocenters. The first-order valence-corrected chi connectivity index (χ1v) is 7.13. The second-order valence-electron chi connectivity index (χ2n) is 7.36. The van der Waals surface area contributed by atoms with Crippen molar-refractivity contribution in [3.8, 4) is 0 Å². The Morgan fingerprint density at radius 3 is 2.50 bits per heavy atom. The highest BCUT2D eigenvalue weighted by Crippen LogP contribution is 2.80. The third-order valence-electron chi connectivity index (χ3n) is 6.35. The van der Waals surface area contributed by atoms with E-state index in [-0.39, 0.29) is 5.60 Å². The average molecular weight is 222 g/mol. The van der Waals surface area contributed by atoms with E-state index < -0.39 is 0 Å². The Hall–Kier alpha value is -0.0400. The minimum atomic E-state index is -0.351. The van der Waals surface area contributed by atoms with Crippen LogP contribution in [0.1, 0.15) is 53.4 Å². The van der Waals surface area contributed by atoms with E-state index in [1.165, 1.54) is 19.3 Å². The van der Waals surface area contributed by atoms with Gasteiger partial charge in [-0.25, -0.2) is 0 Å². The fourth-order valence-corrected chi connectivity index (χ4v) is 5.57. The molecule has 0 radical (unpaired) electrons. The molecule has 16 heavy (non-hydrogen) atoms. The summed E-state index contributed by atoms with van der Waals surface area (Å²) in [7, 11) is 0. The summed E-state index contributed by atoms with van der Waals surface area (Å²) in [5, 5.41) is 10.5. The first-order valence-electron chi connectivity index (χ1n) is 7.13. The monoisotopic (exact) mass is 222 g/mol. The van der Waals surface area contributed by atoms with Gasteiger partial charge in [0.1, 0.15) is 0 Å². The van der Waals surface area contributed by atoms with E-state index in [2.05, 4.69) is 27.7 Å². The Bertz CT molecular complexity index is 307. The average Bonchev–Trinajstić information content (AvgIpc) is 2.79. The zero-order valence-corrected chi connectivity index (χ0v) is 11.2. The predicted molar refractivity (Wildman–Crippen MR) is 66.0 cm³/mol. The van der Waals surface area contributed by atoms with E-state index in [0.29, 0.717) is 11.3 Å². The van der Waals surface area contributed by atoms with Crippen LogP contribution in [0.4, 0.5) is 0 Å². The molecule has 0 aliphatic heterocycles. The first-order chi connectivity index (χ1) is 7.41. The summed E-state index contributed by atoms with van der Waals surface area (Å²) in [6.07, 6.45) is 5.13. The molecule has 3 fully saturated rings. The normalized spacial score (nSPS) is 59.6. The lowest BCUT2D eigenvalue weighted by Gasteiger charge is -2.36. The van der Waals surface area contributed by atoms with E-state index in [1.807, 2.05) is 0 Å². The molecule has 3 rings (SSSR count). The molecule has 1 spiro atoms.